The van der Waals surface area contributed by atoms with Crippen LogP contribution in [-0.4, -0.2) is 28.4 Å². The topological polar surface area (TPSA) is 70.1 Å². The number of amides is 1. The lowest BCUT2D eigenvalue weighted by atomic mass is 9.65. The van der Waals surface area contributed by atoms with Crippen molar-refractivity contribution in [2.24, 2.45) is 24.1 Å². The predicted octanol–water partition coefficient (Wildman–Crippen LogP) is 4.61. The van der Waals surface area contributed by atoms with E-state index in [2.05, 4.69) is 5.10 Å². The SMILES string of the molecule is C[C@H]1C[C@@](C(N)=O)(C2CC=CC(Sc3ccc(-c4ccnn4C)cc3)=C2F)CCO1. The Hall–Kier alpha value is -2.38. The number of aromatic nitrogens is 2. The Morgan fingerprint density at radius 1 is 1.33 bits per heavy atom. The van der Waals surface area contributed by atoms with Gasteiger partial charge in [-0.25, -0.2) is 4.39 Å². The third-order valence-corrected chi connectivity index (χ3v) is 7.20. The fraction of sp³-hybridized carbons (Fsp3) is 0.391. The first kappa shape index (κ1) is 20.9. The molecular formula is C23H26FN3O2S. The molecule has 0 radical (unpaired) electrons. The van der Waals surface area contributed by atoms with E-state index in [1.807, 2.05) is 61.1 Å². The number of carbonyl (C=O) groups excluding carboxylic acids is 1. The molecule has 2 aromatic rings. The summed E-state index contributed by atoms with van der Waals surface area (Å²) < 4.78 is 23.0. The van der Waals surface area contributed by atoms with E-state index in [1.54, 1.807) is 6.20 Å². The zero-order valence-corrected chi connectivity index (χ0v) is 18.0. The van der Waals surface area contributed by atoms with Gasteiger partial charge in [0.25, 0.3) is 0 Å². The number of aryl methyl sites for hydroxylation is 1. The number of nitrogens with two attached hydrogens (primary N) is 1. The highest BCUT2D eigenvalue weighted by Crippen LogP contribution is 2.50. The standard InChI is InChI=1S/C23H26FN3O2S/c1-15-14-23(22(25)28,11-13-29-15)18-4-3-5-20(21(18)24)30-17-8-6-16(7-9-17)19-10-12-26-27(19)2/h3,5-10,12,15,18H,4,11,13-14H2,1-2H3,(H2,25,28)/t15-,18?,23+/m0/s1. The highest BCUT2D eigenvalue weighted by Gasteiger charge is 2.49. The van der Waals surface area contributed by atoms with Gasteiger partial charge in [0.05, 0.1) is 17.2 Å². The van der Waals surface area contributed by atoms with Gasteiger partial charge in [-0.1, -0.05) is 30.0 Å². The molecule has 1 amide bonds. The van der Waals surface area contributed by atoms with Crippen molar-refractivity contribution >= 4 is 17.7 Å². The van der Waals surface area contributed by atoms with Crippen molar-refractivity contribution < 1.29 is 13.9 Å². The minimum Gasteiger partial charge on any atom is -0.378 e. The molecule has 1 aromatic carbocycles. The van der Waals surface area contributed by atoms with E-state index in [0.29, 0.717) is 30.8 Å². The van der Waals surface area contributed by atoms with Crippen LogP contribution in [0.2, 0.25) is 0 Å². The molecule has 1 aliphatic heterocycles. The van der Waals surface area contributed by atoms with E-state index in [9.17, 15) is 4.79 Å². The van der Waals surface area contributed by atoms with Crippen LogP contribution in [0.5, 0.6) is 0 Å². The van der Waals surface area contributed by atoms with Crippen LogP contribution in [0.3, 0.4) is 0 Å². The number of hydrogen-bond acceptors (Lipinski definition) is 4. The molecule has 1 unspecified atom stereocenters. The Bertz CT molecular complexity index is 998. The zero-order chi connectivity index (χ0) is 21.3. The maximum Gasteiger partial charge on any atom is 0.224 e. The molecule has 30 heavy (non-hydrogen) atoms. The zero-order valence-electron chi connectivity index (χ0n) is 17.2. The van der Waals surface area contributed by atoms with Gasteiger partial charge >= 0.3 is 0 Å². The average Bonchev–Trinajstić information content (AvgIpc) is 3.16. The Morgan fingerprint density at radius 3 is 2.73 bits per heavy atom. The number of halogens is 1. The molecule has 1 fully saturated rings. The number of primary amides is 1. The number of hydrogen-bond donors (Lipinski definition) is 1. The summed E-state index contributed by atoms with van der Waals surface area (Å²) in [4.78, 5) is 13.9. The molecule has 2 N–H and O–H groups in total. The number of nitrogens with zero attached hydrogens (tertiary/aromatic N) is 2. The number of allylic oxidation sites excluding steroid dienone is 3. The molecule has 7 heteroatoms. The Kier molecular flexibility index (Phi) is 5.84. The molecule has 1 saturated heterocycles. The third-order valence-electron chi connectivity index (χ3n) is 6.14. The van der Waals surface area contributed by atoms with Crippen molar-refractivity contribution in [3.05, 3.63) is 59.4 Å². The number of ether oxygens (including phenoxy) is 1. The summed E-state index contributed by atoms with van der Waals surface area (Å²) >= 11 is 1.37. The van der Waals surface area contributed by atoms with Crippen LogP contribution in [0.25, 0.3) is 11.3 Å². The predicted molar refractivity (Wildman–Crippen MR) is 116 cm³/mol. The van der Waals surface area contributed by atoms with Crippen molar-refractivity contribution in [1.82, 2.24) is 9.78 Å². The van der Waals surface area contributed by atoms with Crippen LogP contribution in [0, 0.1) is 11.3 Å². The minimum absolute atomic E-state index is 0.111. The molecule has 5 nitrogen and oxygen atoms in total. The van der Waals surface area contributed by atoms with Crippen LogP contribution >= 0.6 is 11.8 Å². The maximum atomic E-state index is 15.6. The summed E-state index contributed by atoms with van der Waals surface area (Å²) in [5.74, 6) is -1.22. The van der Waals surface area contributed by atoms with Gasteiger partial charge in [-0.05, 0) is 56.0 Å². The summed E-state index contributed by atoms with van der Waals surface area (Å²) in [6, 6.07) is 9.92. The second-order valence-corrected chi connectivity index (χ2v) is 9.14. The molecule has 1 aliphatic carbocycles. The minimum atomic E-state index is -0.901. The number of rotatable bonds is 5. The highest BCUT2D eigenvalue weighted by molar-refractivity contribution is 8.03. The summed E-state index contributed by atoms with van der Waals surface area (Å²) in [6.07, 6.45) is 6.79. The molecule has 0 bridgehead atoms. The summed E-state index contributed by atoms with van der Waals surface area (Å²) in [5, 5.41) is 4.20. The van der Waals surface area contributed by atoms with Crippen LogP contribution in [0.4, 0.5) is 4.39 Å². The van der Waals surface area contributed by atoms with Crippen molar-refractivity contribution in [3.63, 3.8) is 0 Å². The fourth-order valence-electron chi connectivity index (χ4n) is 4.52. The molecule has 2 heterocycles. The van der Waals surface area contributed by atoms with Gasteiger partial charge in [0.2, 0.25) is 5.91 Å². The van der Waals surface area contributed by atoms with Crippen LogP contribution in [0.15, 0.2) is 64.3 Å². The molecule has 2 aliphatic rings. The van der Waals surface area contributed by atoms with E-state index in [0.717, 1.165) is 16.2 Å². The van der Waals surface area contributed by atoms with Crippen molar-refractivity contribution in [1.29, 1.82) is 0 Å². The van der Waals surface area contributed by atoms with Crippen molar-refractivity contribution in [2.45, 2.75) is 37.2 Å². The largest absolute Gasteiger partial charge is 0.378 e. The van der Waals surface area contributed by atoms with Gasteiger partial charge in [-0.3, -0.25) is 9.48 Å². The Morgan fingerprint density at radius 2 is 2.10 bits per heavy atom. The van der Waals surface area contributed by atoms with E-state index in [-0.39, 0.29) is 11.9 Å². The second-order valence-electron chi connectivity index (χ2n) is 8.03. The summed E-state index contributed by atoms with van der Waals surface area (Å²) in [7, 11) is 1.90. The average molecular weight is 428 g/mol. The molecular weight excluding hydrogens is 401 g/mol. The maximum absolute atomic E-state index is 15.6. The number of thioether (sulfide) groups is 1. The quantitative estimate of drug-likeness (QED) is 0.757. The van der Waals surface area contributed by atoms with E-state index in [1.165, 1.54) is 11.8 Å². The van der Waals surface area contributed by atoms with Gasteiger partial charge in [-0.15, -0.1) is 0 Å². The van der Waals surface area contributed by atoms with Gasteiger partial charge < -0.3 is 10.5 Å². The summed E-state index contributed by atoms with van der Waals surface area (Å²) in [5.41, 5.74) is 6.98. The van der Waals surface area contributed by atoms with Crippen molar-refractivity contribution in [3.8, 4) is 11.3 Å². The molecule has 0 spiro atoms. The Balaban J connectivity index is 1.58. The molecule has 0 saturated carbocycles. The van der Waals surface area contributed by atoms with E-state index in [4.69, 9.17) is 10.5 Å². The smallest absolute Gasteiger partial charge is 0.224 e. The lowest BCUT2D eigenvalue weighted by molar-refractivity contribution is -0.142. The second kappa shape index (κ2) is 8.40. The molecule has 4 rings (SSSR count). The van der Waals surface area contributed by atoms with E-state index < -0.39 is 17.2 Å². The lowest BCUT2D eigenvalue weighted by Gasteiger charge is -2.43. The van der Waals surface area contributed by atoms with Crippen molar-refractivity contribution in [2.75, 3.05) is 6.61 Å². The van der Waals surface area contributed by atoms with E-state index >= 15 is 4.39 Å². The first-order valence-electron chi connectivity index (χ1n) is 10.1. The third kappa shape index (κ3) is 3.84. The lowest BCUT2D eigenvalue weighted by Crippen LogP contribution is -2.49. The first-order valence-corrected chi connectivity index (χ1v) is 11.0. The molecule has 3 atom stereocenters. The van der Waals surface area contributed by atoms with Gasteiger partial charge in [-0.2, -0.15) is 5.10 Å². The molecule has 1 aromatic heterocycles. The van der Waals surface area contributed by atoms with Gasteiger partial charge in [0.1, 0.15) is 5.83 Å². The van der Waals surface area contributed by atoms with Gasteiger partial charge in [0.15, 0.2) is 0 Å². The fourth-order valence-corrected chi connectivity index (χ4v) is 5.45. The molecule has 158 valence electrons. The van der Waals surface area contributed by atoms with Crippen LogP contribution < -0.4 is 5.73 Å². The number of benzene rings is 1. The van der Waals surface area contributed by atoms with Gasteiger partial charge in [0, 0.05) is 35.6 Å². The first-order chi connectivity index (χ1) is 14.4. The summed E-state index contributed by atoms with van der Waals surface area (Å²) in [6.45, 7) is 2.34. The monoisotopic (exact) mass is 427 g/mol. The Labute approximate surface area is 180 Å². The van der Waals surface area contributed by atoms with Crippen LogP contribution in [0.1, 0.15) is 26.2 Å². The number of carbonyl (C=O) groups is 1. The van der Waals surface area contributed by atoms with Crippen LogP contribution in [-0.2, 0) is 16.6 Å². The normalized spacial score (nSPS) is 26.8. The highest BCUT2D eigenvalue weighted by atomic mass is 32.2.